The lowest BCUT2D eigenvalue weighted by Crippen LogP contribution is -2.48. The van der Waals surface area contributed by atoms with Crippen LogP contribution in [-0.2, 0) is 16.1 Å². The van der Waals surface area contributed by atoms with Gasteiger partial charge in [-0.05, 0) is 36.1 Å². The van der Waals surface area contributed by atoms with Crippen LogP contribution in [0.4, 0.5) is 13.2 Å². The smallest absolute Gasteiger partial charge is 0.248 e. The van der Waals surface area contributed by atoms with Gasteiger partial charge in [0.1, 0.15) is 5.82 Å². The average Bonchev–Trinajstić information content (AvgIpc) is 2.52. The zero-order valence-corrected chi connectivity index (χ0v) is 13.9. The Bertz CT molecular complexity index is 610. The Labute approximate surface area is 140 Å². The quantitative estimate of drug-likeness (QED) is 0.708. The third-order valence-corrected chi connectivity index (χ3v) is 4.58. The van der Waals surface area contributed by atoms with Crippen molar-refractivity contribution in [3.05, 3.63) is 47.8 Å². The molecule has 1 aromatic carbocycles. The summed E-state index contributed by atoms with van der Waals surface area (Å²) in [5, 5.41) is 0. The predicted molar refractivity (Wildman–Crippen MR) is 85.2 cm³/mol. The SMILES string of the molecule is C=CC(=O)N(Cc1cccc(F)c1C)CC(OC)C1CC(F)(F)C1. The van der Waals surface area contributed by atoms with Gasteiger partial charge in [0.25, 0.3) is 0 Å². The van der Waals surface area contributed by atoms with Gasteiger partial charge in [-0.15, -0.1) is 0 Å². The second-order valence-electron chi connectivity index (χ2n) is 6.25. The highest BCUT2D eigenvalue weighted by atomic mass is 19.3. The molecule has 1 unspecified atom stereocenters. The molecule has 0 aliphatic heterocycles. The van der Waals surface area contributed by atoms with Crippen molar-refractivity contribution in [1.29, 1.82) is 0 Å². The maximum absolute atomic E-state index is 13.7. The molecule has 132 valence electrons. The molecule has 0 aromatic heterocycles. The van der Waals surface area contributed by atoms with Crippen LogP contribution in [0.25, 0.3) is 0 Å². The number of alkyl halides is 2. The summed E-state index contributed by atoms with van der Waals surface area (Å²) in [6.45, 7) is 5.46. The summed E-state index contributed by atoms with van der Waals surface area (Å²) >= 11 is 0. The minimum Gasteiger partial charge on any atom is -0.379 e. The van der Waals surface area contributed by atoms with Crippen LogP contribution >= 0.6 is 0 Å². The van der Waals surface area contributed by atoms with Gasteiger partial charge in [0.15, 0.2) is 0 Å². The summed E-state index contributed by atoms with van der Waals surface area (Å²) in [5.41, 5.74) is 1.13. The standard InChI is InChI=1S/C18H22F3NO2/c1-4-17(23)22(10-13-6-5-7-15(19)12(13)2)11-16(24-3)14-8-18(20,21)9-14/h4-7,14,16H,1,8-11H2,2-3H3. The minimum absolute atomic E-state index is 0.165. The van der Waals surface area contributed by atoms with Gasteiger partial charge in [0, 0.05) is 33.0 Å². The Balaban J connectivity index is 2.12. The van der Waals surface area contributed by atoms with Crippen molar-refractivity contribution in [3.63, 3.8) is 0 Å². The van der Waals surface area contributed by atoms with E-state index in [9.17, 15) is 18.0 Å². The van der Waals surface area contributed by atoms with Crippen LogP contribution in [-0.4, -0.2) is 36.5 Å². The highest BCUT2D eigenvalue weighted by Gasteiger charge is 2.49. The highest BCUT2D eigenvalue weighted by molar-refractivity contribution is 5.87. The van der Waals surface area contributed by atoms with Crippen LogP contribution in [0.15, 0.2) is 30.9 Å². The number of carbonyl (C=O) groups excluding carboxylic acids is 1. The molecule has 1 aromatic rings. The van der Waals surface area contributed by atoms with E-state index in [1.807, 2.05) is 0 Å². The summed E-state index contributed by atoms with van der Waals surface area (Å²) in [4.78, 5) is 13.6. The summed E-state index contributed by atoms with van der Waals surface area (Å²) < 4.78 is 45.2. The van der Waals surface area contributed by atoms with E-state index in [0.29, 0.717) is 11.1 Å². The van der Waals surface area contributed by atoms with Crippen LogP contribution in [0.2, 0.25) is 0 Å². The first-order valence-electron chi connectivity index (χ1n) is 7.83. The second-order valence-corrected chi connectivity index (χ2v) is 6.25. The lowest BCUT2D eigenvalue weighted by atomic mass is 9.77. The number of carbonyl (C=O) groups is 1. The largest absolute Gasteiger partial charge is 0.379 e. The van der Waals surface area contributed by atoms with Crippen molar-refractivity contribution >= 4 is 5.91 Å². The molecule has 0 spiro atoms. The van der Waals surface area contributed by atoms with Crippen LogP contribution in [0.1, 0.15) is 24.0 Å². The summed E-state index contributed by atoms with van der Waals surface area (Å²) in [5.74, 6) is -3.63. The number of halogens is 3. The first-order chi connectivity index (χ1) is 11.3. The second kappa shape index (κ2) is 7.38. The van der Waals surface area contributed by atoms with Crippen LogP contribution < -0.4 is 0 Å². The number of methoxy groups -OCH3 is 1. The summed E-state index contributed by atoms with van der Waals surface area (Å²) in [6.07, 6.45) is 0.209. The number of hydrogen-bond donors (Lipinski definition) is 0. The van der Waals surface area contributed by atoms with Crippen LogP contribution in [0.3, 0.4) is 0 Å². The van der Waals surface area contributed by atoms with Crippen molar-refractivity contribution in [2.24, 2.45) is 5.92 Å². The third kappa shape index (κ3) is 4.17. The number of rotatable bonds is 7. The fourth-order valence-corrected chi connectivity index (χ4v) is 2.99. The molecule has 0 bridgehead atoms. The lowest BCUT2D eigenvalue weighted by Gasteiger charge is -2.41. The van der Waals surface area contributed by atoms with E-state index in [0.717, 1.165) is 6.08 Å². The molecule has 6 heteroatoms. The summed E-state index contributed by atoms with van der Waals surface area (Å²) in [7, 11) is 1.45. The van der Waals surface area contributed by atoms with Crippen molar-refractivity contribution in [1.82, 2.24) is 4.90 Å². The zero-order chi connectivity index (χ0) is 17.9. The number of amides is 1. The van der Waals surface area contributed by atoms with Crippen molar-refractivity contribution in [3.8, 4) is 0 Å². The van der Waals surface area contributed by atoms with Crippen molar-refractivity contribution in [2.45, 2.75) is 38.3 Å². The molecule has 0 saturated heterocycles. The molecule has 1 fully saturated rings. The Morgan fingerprint density at radius 1 is 1.50 bits per heavy atom. The molecule has 0 N–H and O–H groups in total. The average molecular weight is 341 g/mol. The number of benzene rings is 1. The van der Waals surface area contributed by atoms with Gasteiger partial charge < -0.3 is 9.64 Å². The molecule has 0 radical (unpaired) electrons. The molecule has 1 amide bonds. The molecule has 2 rings (SSSR count). The molecule has 3 nitrogen and oxygen atoms in total. The Morgan fingerprint density at radius 3 is 2.71 bits per heavy atom. The topological polar surface area (TPSA) is 29.5 Å². The Hall–Kier alpha value is -1.82. The van der Waals surface area contributed by atoms with E-state index in [1.165, 1.54) is 18.1 Å². The van der Waals surface area contributed by atoms with Gasteiger partial charge in [-0.25, -0.2) is 13.2 Å². The maximum atomic E-state index is 13.7. The fraction of sp³-hybridized carbons (Fsp3) is 0.500. The molecule has 1 saturated carbocycles. The van der Waals surface area contributed by atoms with Gasteiger partial charge >= 0.3 is 0 Å². The van der Waals surface area contributed by atoms with E-state index in [-0.39, 0.29) is 43.6 Å². The monoisotopic (exact) mass is 341 g/mol. The minimum atomic E-state index is -2.64. The third-order valence-electron chi connectivity index (χ3n) is 4.58. The number of hydrogen-bond acceptors (Lipinski definition) is 2. The predicted octanol–water partition coefficient (Wildman–Crippen LogP) is 3.71. The molecule has 1 aliphatic rings. The Morgan fingerprint density at radius 2 is 2.17 bits per heavy atom. The van der Waals surface area contributed by atoms with E-state index < -0.39 is 12.0 Å². The molecular weight excluding hydrogens is 319 g/mol. The van der Waals surface area contributed by atoms with Gasteiger partial charge in [0.05, 0.1) is 6.10 Å². The van der Waals surface area contributed by atoms with Crippen LogP contribution in [0, 0.1) is 18.7 Å². The molecular formula is C18H22F3NO2. The number of ether oxygens (including phenoxy) is 1. The van der Waals surface area contributed by atoms with Gasteiger partial charge in [-0.1, -0.05) is 18.7 Å². The van der Waals surface area contributed by atoms with Gasteiger partial charge in [-0.3, -0.25) is 4.79 Å². The molecule has 0 heterocycles. The van der Waals surface area contributed by atoms with Gasteiger partial charge in [0.2, 0.25) is 11.8 Å². The molecule has 24 heavy (non-hydrogen) atoms. The fourth-order valence-electron chi connectivity index (χ4n) is 2.99. The van der Waals surface area contributed by atoms with Gasteiger partial charge in [-0.2, -0.15) is 0 Å². The van der Waals surface area contributed by atoms with Crippen molar-refractivity contribution in [2.75, 3.05) is 13.7 Å². The highest BCUT2D eigenvalue weighted by Crippen LogP contribution is 2.44. The normalized spacial score (nSPS) is 17.9. The Kier molecular flexibility index (Phi) is 5.70. The van der Waals surface area contributed by atoms with E-state index in [4.69, 9.17) is 4.74 Å². The first-order valence-corrected chi connectivity index (χ1v) is 7.83. The van der Waals surface area contributed by atoms with E-state index >= 15 is 0 Å². The van der Waals surface area contributed by atoms with E-state index in [1.54, 1.807) is 19.1 Å². The number of nitrogens with zero attached hydrogens (tertiary/aromatic N) is 1. The van der Waals surface area contributed by atoms with Crippen LogP contribution in [0.5, 0.6) is 0 Å². The van der Waals surface area contributed by atoms with E-state index in [2.05, 4.69) is 6.58 Å². The molecule has 1 aliphatic carbocycles. The molecule has 1 atom stereocenters. The first kappa shape index (κ1) is 18.5. The maximum Gasteiger partial charge on any atom is 0.248 e. The zero-order valence-electron chi connectivity index (χ0n) is 13.9. The van der Waals surface area contributed by atoms with Crippen molar-refractivity contribution < 1.29 is 22.7 Å². The lowest BCUT2D eigenvalue weighted by molar-refractivity contribution is -0.154. The summed E-state index contributed by atoms with van der Waals surface area (Å²) in [6, 6.07) is 4.67.